The van der Waals surface area contributed by atoms with Crippen LogP contribution in [0.2, 0.25) is 0 Å². The fourth-order valence-electron chi connectivity index (χ4n) is 3.21. The van der Waals surface area contributed by atoms with E-state index in [4.69, 9.17) is 9.26 Å². The first-order valence-corrected chi connectivity index (χ1v) is 10.2. The summed E-state index contributed by atoms with van der Waals surface area (Å²) in [5.41, 5.74) is 1.60. The Balaban J connectivity index is 1.55. The molecule has 0 spiro atoms. The molecule has 0 saturated carbocycles. The van der Waals surface area contributed by atoms with Gasteiger partial charge in [-0.25, -0.2) is 4.79 Å². The number of carbonyl (C=O) groups is 1. The second-order valence-electron chi connectivity index (χ2n) is 6.48. The molecule has 0 aliphatic carbocycles. The summed E-state index contributed by atoms with van der Waals surface area (Å²) in [5.74, 6) is 3.12. The Morgan fingerprint density at radius 1 is 1.46 bits per heavy atom. The molecule has 0 bridgehead atoms. The fourth-order valence-corrected chi connectivity index (χ4v) is 3.95. The Kier molecular flexibility index (Phi) is 6.44. The summed E-state index contributed by atoms with van der Waals surface area (Å²) in [4.78, 5) is 14.3. The van der Waals surface area contributed by atoms with Crippen molar-refractivity contribution in [2.24, 2.45) is 5.92 Å². The van der Waals surface area contributed by atoms with Crippen LogP contribution >= 0.6 is 11.8 Å². The van der Waals surface area contributed by atoms with Crippen LogP contribution in [0.4, 0.5) is 4.79 Å². The van der Waals surface area contributed by atoms with Gasteiger partial charge in [0.1, 0.15) is 11.4 Å². The first-order valence-electron chi connectivity index (χ1n) is 8.81. The number of hydrogen-bond acceptors (Lipinski definition) is 5. The summed E-state index contributed by atoms with van der Waals surface area (Å²) in [5, 5.41) is 7.01. The minimum absolute atomic E-state index is 0.0262. The molecule has 2 amide bonds. The predicted octanol–water partition coefficient (Wildman–Crippen LogP) is 3.63. The standard InChI is InChI=1S/C19H25N3O3S/c1-24-17-7-3-6-15(9-17)18-10-16(21-25-18)11-20-19(23)22-8-4-5-14(12-22)13-26-2/h3,6-7,9-10,14H,4-5,8,11-13H2,1-2H3,(H,20,23). The molecule has 26 heavy (non-hydrogen) atoms. The van der Waals surface area contributed by atoms with Crippen molar-refractivity contribution in [2.75, 3.05) is 32.2 Å². The van der Waals surface area contributed by atoms with Crippen LogP contribution in [0.25, 0.3) is 11.3 Å². The number of piperidine rings is 1. The van der Waals surface area contributed by atoms with Crippen molar-refractivity contribution in [3.05, 3.63) is 36.0 Å². The van der Waals surface area contributed by atoms with Crippen molar-refractivity contribution >= 4 is 17.8 Å². The molecular weight excluding hydrogens is 350 g/mol. The van der Waals surface area contributed by atoms with Gasteiger partial charge in [-0.2, -0.15) is 11.8 Å². The third-order valence-electron chi connectivity index (χ3n) is 4.54. The molecule has 1 aromatic carbocycles. The maximum atomic E-state index is 12.4. The summed E-state index contributed by atoms with van der Waals surface area (Å²) >= 11 is 1.85. The van der Waals surface area contributed by atoms with E-state index in [0.717, 1.165) is 36.6 Å². The van der Waals surface area contributed by atoms with Gasteiger partial charge in [-0.05, 0) is 42.9 Å². The number of ether oxygens (including phenoxy) is 1. The highest BCUT2D eigenvalue weighted by atomic mass is 32.2. The lowest BCUT2D eigenvalue weighted by atomic mass is 10.0. The molecule has 1 fully saturated rings. The van der Waals surface area contributed by atoms with E-state index < -0.39 is 0 Å². The maximum absolute atomic E-state index is 12.4. The molecule has 1 unspecified atom stereocenters. The smallest absolute Gasteiger partial charge is 0.317 e. The SMILES string of the molecule is COc1cccc(-c2cc(CNC(=O)N3CCCC(CSC)C3)no2)c1. The van der Waals surface area contributed by atoms with E-state index in [2.05, 4.69) is 16.7 Å². The zero-order chi connectivity index (χ0) is 18.4. The van der Waals surface area contributed by atoms with E-state index in [-0.39, 0.29) is 6.03 Å². The summed E-state index contributed by atoms with van der Waals surface area (Å²) in [6, 6.07) is 9.43. The van der Waals surface area contributed by atoms with Crippen LogP contribution in [0.1, 0.15) is 18.5 Å². The lowest BCUT2D eigenvalue weighted by molar-refractivity contribution is 0.170. The molecule has 2 heterocycles. The fraction of sp³-hybridized carbons (Fsp3) is 0.474. The van der Waals surface area contributed by atoms with Crippen molar-refractivity contribution in [1.29, 1.82) is 0 Å². The Morgan fingerprint density at radius 3 is 3.15 bits per heavy atom. The number of nitrogens with one attached hydrogen (secondary N) is 1. The minimum Gasteiger partial charge on any atom is -0.497 e. The van der Waals surface area contributed by atoms with Gasteiger partial charge in [0.25, 0.3) is 0 Å². The lowest BCUT2D eigenvalue weighted by Gasteiger charge is -2.32. The molecule has 1 N–H and O–H groups in total. The predicted molar refractivity (Wildman–Crippen MR) is 103 cm³/mol. The van der Waals surface area contributed by atoms with Crippen LogP contribution in [0.3, 0.4) is 0 Å². The minimum atomic E-state index is -0.0262. The van der Waals surface area contributed by atoms with Gasteiger partial charge in [0, 0.05) is 24.7 Å². The number of urea groups is 1. The number of hydrogen-bond donors (Lipinski definition) is 1. The van der Waals surface area contributed by atoms with E-state index in [1.54, 1.807) is 7.11 Å². The average Bonchev–Trinajstić information content (AvgIpc) is 3.16. The molecule has 0 radical (unpaired) electrons. The van der Waals surface area contributed by atoms with Crippen LogP contribution in [0, 0.1) is 5.92 Å². The summed E-state index contributed by atoms with van der Waals surface area (Å²) in [6.45, 7) is 2.02. The number of carbonyl (C=O) groups excluding carboxylic acids is 1. The number of methoxy groups -OCH3 is 1. The molecule has 1 saturated heterocycles. The van der Waals surface area contributed by atoms with E-state index in [9.17, 15) is 4.79 Å². The molecule has 1 aromatic heterocycles. The topological polar surface area (TPSA) is 67.6 Å². The van der Waals surface area contributed by atoms with Crippen LogP contribution in [-0.2, 0) is 6.54 Å². The van der Waals surface area contributed by atoms with Gasteiger partial charge in [-0.15, -0.1) is 0 Å². The first-order chi connectivity index (χ1) is 12.7. The van der Waals surface area contributed by atoms with E-state index in [0.29, 0.717) is 23.9 Å². The van der Waals surface area contributed by atoms with Crippen molar-refractivity contribution in [3.8, 4) is 17.1 Å². The van der Waals surface area contributed by atoms with Gasteiger partial charge < -0.3 is 19.5 Å². The normalized spacial score (nSPS) is 17.2. The zero-order valence-corrected chi connectivity index (χ0v) is 16.1. The summed E-state index contributed by atoms with van der Waals surface area (Å²) in [7, 11) is 1.63. The Bertz CT molecular complexity index is 732. The molecule has 6 nitrogen and oxygen atoms in total. The van der Waals surface area contributed by atoms with Crippen LogP contribution < -0.4 is 10.1 Å². The lowest BCUT2D eigenvalue weighted by Crippen LogP contribution is -2.45. The third kappa shape index (κ3) is 4.72. The quantitative estimate of drug-likeness (QED) is 0.835. The molecule has 1 aliphatic heterocycles. The summed E-state index contributed by atoms with van der Waals surface area (Å²) < 4.78 is 10.6. The molecular formula is C19H25N3O3S. The molecule has 1 atom stereocenters. The molecule has 7 heteroatoms. The molecule has 2 aromatic rings. The Hall–Kier alpha value is -2.15. The van der Waals surface area contributed by atoms with Gasteiger partial charge >= 0.3 is 6.03 Å². The third-order valence-corrected chi connectivity index (χ3v) is 5.35. The second kappa shape index (κ2) is 8.98. The zero-order valence-electron chi connectivity index (χ0n) is 15.2. The summed E-state index contributed by atoms with van der Waals surface area (Å²) in [6.07, 6.45) is 4.39. The number of likely N-dealkylation sites (tertiary alicyclic amines) is 1. The van der Waals surface area contributed by atoms with Crippen molar-refractivity contribution in [2.45, 2.75) is 19.4 Å². The van der Waals surface area contributed by atoms with Crippen LogP contribution in [-0.4, -0.2) is 48.3 Å². The van der Waals surface area contributed by atoms with E-state index >= 15 is 0 Å². The van der Waals surface area contributed by atoms with Crippen molar-refractivity contribution in [3.63, 3.8) is 0 Å². The first kappa shape index (κ1) is 18.6. The Labute approximate surface area is 158 Å². The maximum Gasteiger partial charge on any atom is 0.317 e. The molecule has 3 rings (SSSR count). The van der Waals surface area contributed by atoms with Gasteiger partial charge in [-0.1, -0.05) is 17.3 Å². The van der Waals surface area contributed by atoms with E-state index in [1.165, 1.54) is 6.42 Å². The van der Waals surface area contributed by atoms with E-state index in [1.807, 2.05) is 47.0 Å². The second-order valence-corrected chi connectivity index (χ2v) is 7.39. The number of aromatic nitrogens is 1. The van der Waals surface area contributed by atoms with Crippen LogP contribution in [0.15, 0.2) is 34.9 Å². The van der Waals surface area contributed by atoms with Gasteiger partial charge in [0.2, 0.25) is 0 Å². The van der Waals surface area contributed by atoms with Crippen LogP contribution in [0.5, 0.6) is 5.75 Å². The highest BCUT2D eigenvalue weighted by Crippen LogP contribution is 2.24. The van der Waals surface area contributed by atoms with Crippen molar-refractivity contribution in [1.82, 2.24) is 15.4 Å². The number of rotatable bonds is 6. The van der Waals surface area contributed by atoms with Crippen molar-refractivity contribution < 1.29 is 14.1 Å². The number of benzene rings is 1. The Morgan fingerprint density at radius 2 is 2.35 bits per heavy atom. The van der Waals surface area contributed by atoms with Gasteiger partial charge in [-0.3, -0.25) is 0 Å². The molecule has 1 aliphatic rings. The highest BCUT2D eigenvalue weighted by Gasteiger charge is 2.23. The monoisotopic (exact) mass is 375 g/mol. The number of amides is 2. The molecule has 140 valence electrons. The number of nitrogens with zero attached hydrogens (tertiary/aromatic N) is 2. The van der Waals surface area contributed by atoms with Gasteiger partial charge in [0.05, 0.1) is 13.7 Å². The van der Waals surface area contributed by atoms with Gasteiger partial charge in [0.15, 0.2) is 5.76 Å². The highest BCUT2D eigenvalue weighted by molar-refractivity contribution is 7.98. The average molecular weight is 375 g/mol. The number of thioether (sulfide) groups is 1. The largest absolute Gasteiger partial charge is 0.497 e.